The van der Waals surface area contributed by atoms with E-state index in [1.165, 1.54) is 25.7 Å². The first-order chi connectivity index (χ1) is 8.47. The van der Waals surface area contributed by atoms with Crippen molar-refractivity contribution in [2.75, 3.05) is 13.1 Å². The summed E-state index contributed by atoms with van der Waals surface area (Å²) in [7, 11) is 0. The van der Waals surface area contributed by atoms with Gasteiger partial charge < -0.3 is 4.90 Å². The van der Waals surface area contributed by atoms with Gasteiger partial charge in [-0.1, -0.05) is 20.8 Å². The molecule has 3 fully saturated rings. The minimum atomic E-state index is -0.0979. The average molecular weight is 247 g/mol. The molecule has 1 heterocycles. The number of rotatable bonds is 1. The molecule has 0 radical (unpaired) electrons. The highest BCUT2D eigenvalue weighted by atomic mass is 16.1. The zero-order valence-electron chi connectivity index (χ0n) is 12.0. The van der Waals surface area contributed by atoms with E-state index in [0.717, 1.165) is 25.1 Å². The molecule has 3 rings (SSSR count). The fraction of sp³-hybridized carbons (Fsp3) is 0.812. The summed E-state index contributed by atoms with van der Waals surface area (Å²) < 4.78 is 0. The highest BCUT2D eigenvalue weighted by Crippen LogP contribution is 2.65. The molecule has 2 atom stereocenters. The summed E-state index contributed by atoms with van der Waals surface area (Å²) in [6.45, 7) is 9.05. The van der Waals surface area contributed by atoms with Crippen LogP contribution in [-0.4, -0.2) is 23.8 Å². The Bertz CT molecular complexity index is 403. The van der Waals surface area contributed by atoms with Crippen molar-refractivity contribution < 1.29 is 4.79 Å². The van der Waals surface area contributed by atoms with Crippen LogP contribution < -0.4 is 0 Å². The van der Waals surface area contributed by atoms with Gasteiger partial charge in [-0.05, 0) is 43.4 Å². The molecule has 0 spiro atoms. The molecule has 2 nitrogen and oxygen atoms in total. The maximum atomic E-state index is 12.7. The van der Waals surface area contributed by atoms with Crippen molar-refractivity contribution in [3.8, 4) is 0 Å². The molecule has 0 unspecified atom stereocenters. The van der Waals surface area contributed by atoms with Crippen molar-refractivity contribution in [2.45, 2.75) is 52.9 Å². The van der Waals surface area contributed by atoms with Crippen molar-refractivity contribution in [1.29, 1.82) is 0 Å². The van der Waals surface area contributed by atoms with Crippen LogP contribution in [0.25, 0.3) is 0 Å². The van der Waals surface area contributed by atoms with E-state index >= 15 is 0 Å². The molecule has 2 aliphatic carbocycles. The highest BCUT2D eigenvalue weighted by molar-refractivity contribution is 6.04. The van der Waals surface area contributed by atoms with Crippen molar-refractivity contribution in [3.63, 3.8) is 0 Å². The highest BCUT2D eigenvalue weighted by Gasteiger charge is 2.64. The lowest BCUT2D eigenvalue weighted by Gasteiger charge is -2.31. The normalized spacial score (nSPS) is 40.8. The van der Waals surface area contributed by atoms with Crippen LogP contribution in [0.4, 0.5) is 0 Å². The standard InChI is InChI=1S/C16H25NO/c1-15(2)13-7-8-16(15,3)14(18)12(13)11-17-9-5-4-6-10-17/h11,13H,4-10H2,1-3H3/t13-,16-/m0/s1. The molecule has 3 aliphatic rings. The van der Waals surface area contributed by atoms with Gasteiger partial charge in [0.25, 0.3) is 0 Å². The van der Waals surface area contributed by atoms with Crippen molar-refractivity contribution in [2.24, 2.45) is 16.7 Å². The van der Waals surface area contributed by atoms with E-state index in [1.54, 1.807) is 0 Å². The van der Waals surface area contributed by atoms with Gasteiger partial charge in [0.15, 0.2) is 5.78 Å². The molecule has 2 bridgehead atoms. The average Bonchev–Trinajstić information content (AvgIpc) is 2.65. The Morgan fingerprint density at radius 2 is 1.83 bits per heavy atom. The smallest absolute Gasteiger partial charge is 0.167 e. The van der Waals surface area contributed by atoms with Crippen LogP contribution in [0.2, 0.25) is 0 Å². The molecule has 2 saturated carbocycles. The van der Waals surface area contributed by atoms with Crippen molar-refractivity contribution in [3.05, 3.63) is 11.8 Å². The number of allylic oxidation sites excluding steroid dienone is 1. The van der Waals surface area contributed by atoms with Crippen LogP contribution in [0, 0.1) is 16.7 Å². The SMILES string of the molecule is CC1(C)[C@H]2CC[C@@]1(C)C(=O)C2=CN1CCCCC1. The monoisotopic (exact) mass is 247 g/mol. The number of hydrogen-bond donors (Lipinski definition) is 0. The van der Waals surface area contributed by atoms with Gasteiger partial charge >= 0.3 is 0 Å². The number of nitrogens with zero attached hydrogens (tertiary/aromatic N) is 1. The first-order valence-electron chi connectivity index (χ1n) is 7.47. The lowest BCUT2D eigenvalue weighted by molar-refractivity contribution is -0.125. The lowest BCUT2D eigenvalue weighted by atomic mass is 9.70. The Balaban J connectivity index is 1.90. The van der Waals surface area contributed by atoms with E-state index < -0.39 is 0 Å². The Labute approximate surface area is 110 Å². The second kappa shape index (κ2) is 3.85. The number of piperidine rings is 1. The number of ketones is 1. The quantitative estimate of drug-likeness (QED) is 0.662. The molecular formula is C16H25NO. The fourth-order valence-corrected chi connectivity index (χ4v) is 4.32. The molecule has 0 amide bonds. The first-order valence-corrected chi connectivity index (χ1v) is 7.47. The third kappa shape index (κ3) is 1.44. The summed E-state index contributed by atoms with van der Waals surface area (Å²) in [5.41, 5.74) is 1.20. The van der Waals surface area contributed by atoms with Crippen LogP contribution in [-0.2, 0) is 4.79 Å². The van der Waals surface area contributed by atoms with Crippen LogP contribution in [0.3, 0.4) is 0 Å². The van der Waals surface area contributed by atoms with Crippen LogP contribution in [0.1, 0.15) is 52.9 Å². The van der Waals surface area contributed by atoms with Gasteiger partial charge in [-0.3, -0.25) is 4.79 Å². The van der Waals surface area contributed by atoms with Gasteiger partial charge in [-0.15, -0.1) is 0 Å². The predicted octanol–water partition coefficient (Wildman–Crippen LogP) is 3.38. The summed E-state index contributed by atoms with van der Waals surface area (Å²) in [6, 6.07) is 0. The van der Waals surface area contributed by atoms with Crippen molar-refractivity contribution in [1.82, 2.24) is 4.90 Å². The summed E-state index contributed by atoms with van der Waals surface area (Å²) in [4.78, 5) is 15.1. The zero-order chi connectivity index (χ0) is 13.0. The van der Waals surface area contributed by atoms with Crippen LogP contribution >= 0.6 is 0 Å². The second-order valence-corrected chi connectivity index (χ2v) is 7.16. The molecule has 1 aliphatic heterocycles. The maximum absolute atomic E-state index is 12.7. The lowest BCUT2D eigenvalue weighted by Crippen LogP contribution is -2.32. The Morgan fingerprint density at radius 3 is 2.39 bits per heavy atom. The molecule has 0 aromatic carbocycles. The third-order valence-corrected chi connectivity index (χ3v) is 6.08. The summed E-state index contributed by atoms with van der Waals surface area (Å²) in [5, 5.41) is 0. The molecule has 100 valence electrons. The van der Waals surface area contributed by atoms with Gasteiger partial charge in [0.05, 0.1) is 0 Å². The first kappa shape index (κ1) is 12.3. The van der Waals surface area contributed by atoms with Crippen LogP contribution in [0.5, 0.6) is 0 Å². The van der Waals surface area contributed by atoms with E-state index in [1.807, 2.05) is 0 Å². The molecule has 0 aromatic heterocycles. The Hall–Kier alpha value is -0.790. The van der Waals surface area contributed by atoms with Crippen LogP contribution in [0.15, 0.2) is 11.8 Å². The molecule has 1 saturated heterocycles. The van der Waals surface area contributed by atoms with Gasteiger partial charge in [0, 0.05) is 30.3 Å². The molecule has 0 aromatic rings. The maximum Gasteiger partial charge on any atom is 0.167 e. The molecular weight excluding hydrogens is 222 g/mol. The van der Waals surface area contributed by atoms with E-state index in [4.69, 9.17) is 0 Å². The number of fused-ring (bicyclic) bond motifs is 2. The predicted molar refractivity (Wildman–Crippen MR) is 73.1 cm³/mol. The minimum Gasteiger partial charge on any atom is -0.377 e. The van der Waals surface area contributed by atoms with E-state index in [0.29, 0.717) is 11.7 Å². The molecule has 2 heteroatoms. The zero-order valence-corrected chi connectivity index (χ0v) is 12.0. The second-order valence-electron chi connectivity index (χ2n) is 7.16. The number of carbonyl (C=O) groups excluding carboxylic acids is 1. The van der Waals surface area contributed by atoms with Gasteiger partial charge in [-0.25, -0.2) is 0 Å². The van der Waals surface area contributed by atoms with E-state index in [2.05, 4.69) is 31.9 Å². The number of hydrogen-bond acceptors (Lipinski definition) is 2. The molecule has 18 heavy (non-hydrogen) atoms. The van der Waals surface area contributed by atoms with Gasteiger partial charge in [-0.2, -0.15) is 0 Å². The van der Waals surface area contributed by atoms with Gasteiger partial charge in [0.1, 0.15) is 0 Å². The topological polar surface area (TPSA) is 20.3 Å². The van der Waals surface area contributed by atoms with E-state index in [-0.39, 0.29) is 10.8 Å². The Morgan fingerprint density at radius 1 is 1.17 bits per heavy atom. The largest absolute Gasteiger partial charge is 0.377 e. The summed E-state index contributed by atoms with van der Waals surface area (Å²) in [5.74, 6) is 0.936. The minimum absolute atomic E-state index is 0.0979. The number of Topliss-reactive ketones (excluding diaryl/α,β-unsaturated/α-hetero) is 1. The third-order valence-electron chi connectivity index (χ3n) is 6.08. The number of likely N-dealkylation sites (tertiary alicyclic amines) is 1. The number of carbonyl (C=O) groups is 1. The fourth-order valence-electron chi connectivity index (χ4n) is 4.32. The van der Waals surface area contributed by atoms with E-state index in [9.17, 15) is 4.79 Å². The van der Waals surface area contributed by atoms with Crippen molar-refractivity contribution >= 4 is 5.78 Å². The summed E-state index contributed by atoms with van der Waals surface area (Å²) in [6.07, 6.45) is 8.42. The van der Waals surface area contributed by atoms with Gasteiger partial charge in [0.2, 0.25) is 0 Å². The summed E-state index contributed by atoms with van der Waals surface area (Å²) >= 11 is 0. The molecule has 0 N–H and O–H groups in total. The Kier molecular flexibility index (Phi) is 2.62.